The molecule has 0 saturated carbocycles. The summed E-state index contributed by atoms with van der Waals surface area (Å²) >= 11 is 0. The normalized spacial score (nSPS) is 20.4. The number of rotatable bonds is 4. The number of methoxy groups -OCH3 is 1. The number of amides is 1. The first-order valence-electron chi connectivity index (χ1n) is 7.86. The Morgan fingerprint density at radius 1 is 1.42 bits per heavy atom. The molecule has 2 unspecified atom stereocenters. The third kappa shape index (κ3) is 3.02. The summed E-state index contributed by atoms with van der Waals surface area (Å²) in [5, 5.41) is 19.3. The van der Waals surface area contributed by atoms with Crippen molar-refractivity contribution < 1.29 is 24.2 Å². The number of likely N-dealkylation sites (tertiary alicyclic amines) is 1. The first-order valence-corrected chi connectivity index (χ1v) is 7.86. The van der Waals surface area contributed by atoms with E-state index in [1.165, 1.54) is 0 Å². The van der Waals surface area contributed by atoms with E-state index >= 15 is 0 Å². The number of benzene rings is 1. The molecule has 2 aromatic rings. The number of furan rings is 1. The van der Waals surface area contributed by atoms with Crippen molar-refractivity contribution in [1.29, 1.82) is 0 Å². The zero-order valence-electron chi connectivity index (χ0n) is 13.7. The van der Waals surface area contributed by atoms with Crippen molar-refractivity contribution in [2.45, 2.75) is 32.1 Å². The molecule has 1 fully saturated rings. The molecule has 1 aromatic heterocycles. The van der Waals surface area contributed by atoms with Gasteiger partial charge in [0.05, 0.1) is 19.3 Å². The Bertz CT molecular complexity index is 739. The van der Waals surface area contributed by atoms with Crippen molar-refractivity contribution in [1.82, 2.24) is 4.90 Å². The molecule has 1 aliphatic rings. The standard InChI is InChI=1S/C18H21NO5/c1-11-6-15(10-20)24-17(11)18(22)19-9-13(21)8-16(19)12-4-3-5-14(7-12)23-2/h3-7,13,16,20-21H,8-10H2,1-2H3. The molecule has 0 spiro atoms. The third-order valence-corrected chi connectivity index (χ3v) is 4.34. The number of carbonyl (C=O) groups excluding carboxylic acids is 1. The van der Waals surface area contributed by atoms with Gasteiger partial charge in [-0.25, -0.2) is 0 Å². The van der Waals surface area contributed by atoms with Crippen LogP contribution in [-0.2, 0) is 6.61 Å². The highest BCUT2D eigenvalue weighted by Gasteiger charge is 2.37. The van der Waals surface area contributed by atoms with Crippen LogP contribution in [0.2, 0.25) is 0 Å². The molecule has 24 heavy (non-hydrogen) atoms. The van der Waals surface area contributed by atoms with Gasteiger partial charge in [0.25, 0.3) is 5.91 Å². The Labute approximate surface area is 140 Å². The highest BCUT2D eigenvalue weighted by molar-refractivity contribution is 5.93. The number of aryl methyl sites for hydroxylation is 1. The van der Waals surface area contributed by atoms with Gasteiger partial charge in [0.15, 0.2) is 5.76 Å². The van der Waals surface area contributed by atoms with E-state index in [-0.39, 0.29) is 30.9 Å². The summed E-state index contributed by atoms with van der Waals surface area (Å²) in [6, 6.07) is 8.90. The minimum absolute atomic E-state index is 0.209. The summed E-state index contributed by atoms with van der Waals surface area (Å²) in [6.07, 6.45) is -0.122. The molecule has 0 radical (unpaired) electrons. The van der Waals surface area contributed by atoms with Crippen molar-refractivity contribution in [2.75, 3.05) is 13.7 Å². The van der Waals surface area contributed by atoms with E-state index in [0.29, 0.717) is 23.5 Å². The fourth-order valence-corrected chi connectivity index (χ4v) is 3.17. The molecule has 3 rings (SSSR count). The lowest BCUT2D eigenvalue weighted by Crippen LogP contribution is -2.32. The molecule has 128 valence electrons. The molecule has 2 heterocycles. The summed E-state index contributed by atoms with van der Waals surface area (Å²) in [6.45, 7) is 1.76. The monoisotopic (exact) mass is 331 g/mol. The fourth-order valence-electron chi connectivity index (χ4n) is 3.17. The molecular formula is C18H21NO5. The smallest absolute Gasteiger partial charge is 0.290 e. The maximum absolute atomic E-state index is 12.9. The first kappa shape index (κ1) is 16.5. The lowest BCUT2D eigenvalue weighted by molar-refractivity contribution is 0.0678. The van der Waals surface area contributed by atoms with E-state index in [9.17, 15) is 15.0 Å². The second-order valence-corrected chi connectivity index (χ2v) is 6.02. The molecule has 1 saturated heterocycles. The maximum atomic E-state index is 12.9. The number of β-amino-alcohol motifs (C(OH)–C–C–N with tert-alkyl or cyclic N) is 1. The van der Waals surface area contributed by atoms with Gasteiger partial charge < -0.3 is 24.3 Å². The van der Waals surface area contributed by atoms with E-state index in [1.807, 2.05) is 24.3 Å². The molecule has 2 atom stereocenters. The van der Waals surface area contributed by atoms with Crippen LogP contribution in [0.4, 0.5) is 0 Å². The molecule has 2 N–H and O–H groups in total. The van der Waals surface area contributed by atoms with E-state index in [2.05, 4.69) is 0 Å². The van der Waals surface area contributed by atoms with Crippen molar-refractivity contribution in [3.63, 3.8) is 0 Å². The average molecular weight is 331 g/mol. The molecule has 6 nitrogen and oxygen atoms in total. The van der Waals surface area contributed by atoms with E-state index < -0.39 is 6.10 Å². The predicted molar refractivity (Wildman–Crippen MR) is 86.8 cm³/mol. The quantitative estimate of drug-likeness (QED) is 0.896. The average Bonchev–Trinajstić information content (AvgIpc) is 3.17. The minimum Gasteiger partial charge on any atom is -0.497 e. The van der Waals surface area contributed by atoms with Crippen LogP contribution < -0.4 is 4.74 Å². The van der Waals surface area contributed by atoms with Crippen LogP contribution in [0.5, 0.6) is 5.75 Å². The van der Waals surface area contributed by atoms with Gasteiger partial charge in [-0.15, -0.1) is 0 Å². The zero-order valence-corrected chi connectivity index (χ0v) is 13.7. The van der Waals surface area contributed by atoms with Gasteiger partial charge in [0, 0.05) is 12.1 Å². The molecular weight excluding hydrogens is 310 g/mol. The van der Waals surface area contributed by atoms with Crippen LogP contribution in [0.1, 0.15) is 39.9 Å². The summed E-state index contributed by atoms with van der Waals surface area (Å²) in [5.41, 5.74) is 1.58. The third-order valence-electron chi connectivity index (χ3n) is 4.34. The van der Waals surface area contributed by atoms with Gasteiger partial charge in [-0.05, 0) is 37.1 Å². The highest BCUT2D eigenvalue weighted by atomic mass is 16.5. The molecule has 1 aromatic carbocycles. The molecule has 1 aliphatic heterocycles. The lowest BCUT2D eigenvalue weighted by Gasteiger charge is -2.24. The zero-order chi connectivity index (χ0) is 17.3. The molecule has 6 heteroatoms. The second kappa shape index (κ2) is 6.67. The largest absolute Gasteiger partial charge is 0.497 e. The highest BCUT2D eigenvalue weighted by Crippen LogP contribution is 2.35. The van der Waals surface area contributed by atoms with Crippen LogP contribution in [0.15, 0.2) is 34.7 Å². The van der Waals surface area contributed by atoms with Crippen LogP contribution in [0.25, 0.3) is 0 Å². The SMILES string of the molecule is COc1cccc(C2CC(O)CN2C(=O)c2oc(CO)cc2C)c1. The Kier molecular flexibility index (Phi) is 4.59. The Morgan fingerprint density at radius 2 is 2.21 bits per heavy atom. The lowest BCUT2D eigenvalue weighted by atomic mass is 10.0. The number of hydrogen-bond acceptors (Lipinski definition) is 5. The topological polar surface area (TPSA) is 83.1 Å². The van der Waals surface area contributed by atoms with Crippen molar-refractivity contribution in [2.24, 2.45) is 0 Å². The summed E-state index contributed by atoms with van der Waals surface area (Å²) in [4.78, 5) is 14.5. The molecule has 0 bridgehead atoms. The number of nitrogens with zero attached hydrogens (tertiary/aromatic N) is 1. The summed E-state index contributed by atoms with van der Waals surface area (Å²) < 4.78 is 10.7. The summed E-state index contributed by atoms with van der Waals surface area (Å²) in [5.74, 6) is 0.990. The Morgan fingerprint density at radius 3 is 2.88 bits per heavy atom. The second-order valence-electron chi connectivity index (χ2n) is 6.02. The van der Waals surface area contributed by atoms with Crippen LogP contribution >= 0.6 is 0 Å². The van der Waals surface area contributed by atoms with Gasteiger partial charge in [0.1, 0.15) is 18.1 Å². The number of hydrogen-bond donors (Lipinski definition) is 2. The Hall–Kier alpha value is -2.31. The number of ether oxygens (including phenoxy) is 1. The minimum atomic E-state index is -0.585. The first-order chi connectivity index (χ1) is 11.5. The van der Waals surface area contributed by atoms with Crippen LogP contribution in [0.3, 0.4) is 0 Å². The van der Waals surface area contributed by atoms with Crippen molar-refractivity contribution in [3.8, 4) is 5.75 Å². The Balaban J connectivity index is 1.92. The van der Waals surface area contributed by atoms with Gasteiger partial charge in [-0.2, -0.15) is 0 Å². The van der Waals surface area contributed by atoms with E-state index in [1.54, 1.807) is 25.0 Å². The predicted octanol–water partition coefficient (Wildman–Crippen LogP) is 2.04. The number of aliphatic hydroxyl groups excluding tert-OH is 2. The van der Waals surface area contributed by atoms with E-state index in [0.717, 1.165) is 5.56 Å². The van der Waals surface area contributed by atoms with Crippen molar-refractivity contribution in [3.05, 3.63) is 53.0 Å². The van der Waals surface area contributed by atoms with Crippen LogP contribution in [0, 0.1) is 6.92 Å². The fraction of sp³-hybridized carbons (Fsp3) is 0.389. The van der Waals surface area contributed by atoms with Gasteiger partial charge in [0.2, 0.25) is 0 Å². The molecule has 1 amide bonds. The van der Waals surface area contributed by atoms with Gasteiger partial charge in [-0.3, -0.25) is 4.79 Å². The van der Waals surface area contributed by atoms with Gasteiger partial charge in [-0.1, -0.05) is 12.1 Å². The van der Waals surface area contributed by atoms with Gasteiger partial charge >= 0.3 is 0 Å². The van der Waals surface area contributed by atoms with Crippen molar-refractivity contribution >= 4 is 5.91 Å². The number of carbonyl (C=O) groups is 1. The molecule has 0 aliphatic carbocycles. The van der Waals surface area contributed by atoms with E-state index in [4.69, 9.17) is 9.15 Å². The summed E-state index contributed by atoms with van der Waals surface area (Å²) in [7, 11) is 1.59. The van der Waals surface area contributed by atoms with Crippen LogP contribution in [-0.4, -0.2) is 40.8 Å². The number of aliphatic hydroxyl groups is 2. The maximum Gasteiger partial charge on any atom is 0.290 e.